The summed E-state index contributed by atoms with van der Waals surface area (Å²) in [6.07, 6.45) is 1.39. The molecule has 0 saturated heterocycles. The van der Waals surface area contributed by atoms with E-state index in [0.29, 0.717) is 36.0 Å². The van der Waals surface area contributed by atoms with E-state index in [1.807, 2.05) is 18.2 Å². The number of rotatable bonds is 12. The van der Waals surface area contributed by atoms with Gasteiger partial charge >= 0.3 is 0 Å². The fourth-order valence-electron chi connectivity index (χ4n) is 3.43. The summed E-state index contributed by atoms with van der Waals surface area (Å²) < 4.78 is 30.7. The number of Topliss-reactive ketones (excluding diaryl/α,β-unsaturated/α-hetero) is 1. The van der Waals surface area contributed by atoms with Crippen LogP contribution < -0.4 is 5.32 Å². The highest BCUT2D eigenvalue weighted by Gasteiger charge is 2.27. The minimum absolute atomic E-state index is 0.0940. The highest BCUT2D eigenvalue weighted by Crippen LogP contribution is 2.16. The molecule has 0 aliphatic carbocycles. The molecule has 0 aliphatic heterocycles. The van der Waals surface area contributed by atoms with Gasteiger partial charge in [0.2, 0.25) is 11.7 Å². The lowest BCUT2D eigenvalue weighted by Crippen LogP contribution is -2.47. The average Bonchev–Trinajstić information content (AvgIpc) is 3.22. The zero-order valence-electron chi connectivity index (χ0n) is 18.9. The molecular formula is C24H29N3O5S. The van der Waals surface area contributed by atoms with Gasteiger partial charge in [-0.05, 0) is 44.6 Å². The number of hydrogen-bond donors (Lipinski definition) is 1. The van der Waals surface area contributed by atoms with Crippen LogP contribution in [0.1, 0.15) is 35.5 Å². The van der Waals surface area contributed by atoms with Crippen molar-refractivity contribution in [2.24, 2.45) is 0 Å². The lowest BCUT2D eigenvalue weighted by atomic mass is 10.1. The molecule has 33 heavy (non-hydrogen) atoms. The molecule has 0 bridgehead atoms. The molecule has 9 heteroatoms. The van der Waals surface area contributed by atoms with Gasteiger partial charge in [0.05, 0.1) is 11.5 Å². The van der Waals surface area contributed by atoms with Crippen molar-refractivity contribution in [3.05, 3.63) is 66.1 Å². The zero-order chi connectivity index (χ0) is 23.8. The van der Waals surface area contributed by atoms with Crippen LogP contribution in [0.2, 0.25) is 0 Å². The molecular weight excluding hydrogens is 442 g/mol. The second-order valence-electron chi connectivity index (χ2n) is 8.18. The Hall–Kier alpha value is -3.04. The summed E-state index contributed by atoms with van der Waals surface area (Å²) in [5.74, 6) is -0.811. The smallest absolute Gasteiger partial charge is 0.264 e. The second-order valence-corrected chi connectivity index (χ2v) is 10.3. The number of likely N-dealkylation sites (N-methyl/N-ethyl adjacent to an activating group) is 1. The fraction of sp³-hybridized carbons (Fsp3) is 0.375. The molecule has 176 valence electrons. The Balaban J connectivity index is 1.44. The normalized spacial score (nSPS) is 12.7. The number of oxazole rings is 1. The van der Waals surface area contributed by atoms with Crippen molar-refractivity contribution >= 4 is 32.6 Å². The van der Waals surface area contributed by atoms with Crippen molar-refractivity contribution in [3.8, 4) is 0 Å². The van der Waals surface area contributed by atoms with Crippen LogP contribution in [0.25, 0.3) is 11.1 Å². The van der Waals surface area contributed by atoms with Gasteiger partial charge in [-0.15, -0.1) is 0 Å². The largest absolute Gasteiger partial charge is 0.434 e. The van der Waals surface area contributed by atoms with E-state index in [1.165, 1.54) is 0 Å². The number of nitrogens with one attached hydrogen (secondary N) is 1. The van der Waals surface area contributed by atoms with Gasteiger partial charge in [-0.3, -0.25) is 14.5 Å². The Labute approximate surface area is 193 Å². The fourth-order valence-corrected chi connectivity index (χ4v) is 5.17. The van der Waals surface area contributed by atoms with Crippen LogP contribution >= 0.6 is 0 Å². The van der Waals surface area contributed by atoms with E-state index >= 15 is 0 Å². The van der Waals surface area contributed by atoms with Crippen molar-refractivity contribution in [2.45, 2.75) is 31.1 Å². The van der Waals surface area contributed by atoms with E-state index < -0.39 is 15.9 Å². The number of ketones is 1. The molecule has 0 spiro atoms. The van der Waals surface area contributed by atoms with Gasteiger partial charge < -0.3 is 9.73 Å². The Bertz CT molecular complexity index is 1160. The zero-order valence-corrected chi connectivity index (χ0v) is 19.7. The minimum Gasteiger partial charge on any atom is -0.434 e. The Kier molecular flexibility index (Phi) is 8.35. The predicted molar refractivity (Wildman–Crippen MR) is 127 cm³/mol. The third-order valence-electron chi connectivity index (χ3n) is 5.23. The first kappa shape index (κ1) is 24.6. The van der Waals surface area contributed by atoms with Crippen LogP contribution in [0.3, 0.4) is 0 Å². The highest BCUT2D eigenvalue weighted by atomic mass is 32.2. The van der Waals surface area contributed by atoms with Crippen LogP contribution in [0.4, 0.5) is 0 Å². The summed E-state index contributed by atoms with van der Waals surface area (Å²) >= 11 is 0. The maximum atomic E-state index is 12.6. The van der Waals surface area contributed by atoms with Crippen molar-refractivity contribution < 1.29 is 22.4 Å². The summed E-state index contributed by atoms with van der Waals surface area (Å²) in [6.45, 7) is 0.350. The van der Waals surface area contributed by atoms with E-state index in [4.69, 9.17) is 4.42 Å². The summed E-state index contributed by atoms with van der Waals surface area (Å²) in [7, 11) is -0.113. The van der Waals surface area contributed by atoms with Gasteiger partial charge in [0.1, 0.15) is 11.6 Å². The molecule has 0 unspecified atom stereocenters. The lowest BCUT2D eigenvalue weighted by molar-refractivity contribution is -0.124. The molecule has 1 heterocycles. The van der Waals surface area contributed by atoms with E-state index in [2.05, 4.69) is 10.3 Å². The molecule has 3 aromatic rings. The van der Waals surface area contributed by atoms with Gasteiger partial charge in [-0.1, -0.05) is 42.5 Å². The van der Waals surface area contributed by atoms with Gasteiger partial charge in [-0.2, -0.15) is 0 Å². The van der Waals surface area contributed by atoms with E-state index in [9.17, 15) is 18.0 Å². The molecule has 1 amide bonds. The Morgan fingerprint density at radius 3 is 2.42 bits per heavy atom. The van der Waals surface area contributed by atoms with Crippen LogP contribution in [0.15, 0.2) is 59.0 Å². The summed E-state index contributed by atoms with van der Waals surface area (Å²) in [6, 6.07) is 15.3. The summed E-state index contributed by atoms with van der Waals surface area (Å²) in [4.78, 5) is 30.7. The van der Waals surface area contributed by atoms with Gasteiger partial charge in [0.25, 0.3) is 5.89 Å². The monoisotopic (exact) mass is 471 g/mol. The maximum absolute atomic E-state index is 12.6. The number of para-hydroxylation sites is 2. The number of carbonyl (C=O) groups excluding carboxylic acids is 2. The molecule has 1 N–H and O–H groups in total. The first-order valence-electron chi connectivity index (χ1n) is 10.8. The number of fused-ring (bicyclic) bond motifs is 1. The van der Waals surface area contributed by atoms with Crippen LogP contribution in [-0.2, 0) is 20.4 Å². The molecule has 0 radical (unpaired) electrons. The third-order valence-corrected chi connectivity index (χ3v) is 6.83. The SMILES string of the molecule is CN(C)[C@@H](CS(=O)(=O)Cc1ccccc1)C(=O)NCCCCC(=O)c1nc2ccccc2o1. The number of hydrogen-bond acceptors (Lipinski definition) is 7. The van der Waals surface area contributed by atoms with Crippen LogP contribution in [0.5, 0.6) is 0 Å². The average molecular weight is 472 g/mol. The third kappa shape index (κ3) is 7.23. The number of carbonyl (C=O) groups is 2. The number of amides is 1. The molecule has 0 aliphatic rings. The van der Waals surface area contributed by atoms with Gasteiger partial charge in [0, 0.05) is 13.0 Å². The van der Waals surface area contributed by atoms with Crippen LogP contribution in [-0.4, -0.2) is 62.4 Å². The van der Waals surface area contributed by atoms with E-state index in [0.717, 1.165) is 0 Å². The van der Waals surface area contributed by atoms with Gasteiger partial charge in [-0.25, -0.2) is 13.4 Å². The van der Waals surface area contributed by atoms with Gasteiger partial charge in [0.15, 0.2) is 15.4 Å². The van der Waals surface area contributed by atoms with Crippen molar-refractivity contribution in [1.82, 2.24) is 15.2 Å². The Morgan fingerprint density at radius 1 is 1.03 bits per heavy atom. The number of nitrogens with zero attached hydrogens (tertiary/aromatic N) is 2. The predicted octanol–water partition coefficient (Wildman–Crippen LogP) is 2.84. The molecule has 1 atom stereocenters. The molecule has 3 rings (SSSR count). The molecule has 1 aromatic heterocycles. The molecule has 2 aromatic carbocycles. The molecule has 0 fully saturated rings. The van der Waals surface area contributed by atoms with Crippen molar-refractivity contribution in [2.75, 3.05) is 26.4 Å². The quantitative estimate of drug-likeness (QED) is 0.319. The minimum atomic E-state index is -3.48. The standard InChI is InChI=1S/C24H29N3O5S/c1-27(2)20(17-33(30,31)16-18-10-4-3-5-11-18)23(29)25-15-9-8-13-21(28)24-26-19-12-6-7-14-22(19)32-24/h3-7,10-12,14,20H,8-9,13,15-17H2,1-2H3,(H,25,29)/t20-/m0/s1. The number of aromatic nitrogens is 1. The topological polar surface area (TPSA) is 110 Å². The first-order chi connectivity index (χ1) is 15.7. The second kappa shape index (κ2) is 11.2. The first-order valence-corrected chi connectivity index (χ1v) is 12.6. The molecule has 0 saturated carbocycles. The number of sulfone groups is 1. The number of unbranched alkanes of at least 4 members (excludes halogenated alkanes) is 1. The van der Waals surface area contributed by atoms with Crippen molar-refractivity contribution in [1.29, 1.82) is 0 Å². The summed E-state index contributed by atoms with van der Waals surface area (Å²) in [5.41, 5.74) is 1.91. The number of benzene rings is 2. The summed E-state index contributed by atoms with van der Waals surface area (Å²) in [5, 5.41) is 2.79. The van der Waals surface area contributed by atoms with Crippen LogP contribution in [0, 0.1) is 0 Å². The Morgan fingerprint density at radius 2 is 1.73 bits per heavy atom. The molecule has 8 nitrogen and oxygen atoms in total. The highest BCUT2D eigenvalue weighted by molar-refractivity contribution is 7.90. The van der Waals surface area contributed by atoms with Crippen molar-refractivity contribution in [3.63, 3.8) is 0 Å². The van der Waals surface area contributed by atoms with E-state index in [-0.39, 0.29) is 35.5 Å². The maximum Gasteiger partial charge on any atom is 0.264 e. The van der Waals surface area contributed by atoms with E-state index in [1.54, 1.807) is 55.4 Å². The lowest BCUT2D eigenvalue weighted by Gasteiger charge is -2.23.